The van der Waals surface area contributed by atoms with Crippen molar-refractivity contribution in [2.24, 2.45) is 0 Å². The maximum atomic E-state index is 13.0. The summed E-state index contributed by atoms with van der Waals surface area (Å²) in [6.07, 6.45) is 2.87. The Balaban J connectivity index is 1.78. The molecular formula is C27H31NO4. The molecule has 1 aliphatic carbocycles. The van der Waals surface area contributed by atoms with Crippen molar-refractivity contribution < 1.29 is 19.1 Å². The van der Waals surface area contributed by atoms with E-state index in [1.54, 1.807) is 32.9 Å². The number of carbonyl (C=O) groups is 2. The first kappa shape index (κ1) is 23.3. The molecule has 0 saturated carbocycles. The van der Waals surface area contributed by atoms with Crippen LogP contribution in [0.5, 0.6) is 0 Å². The molecule has 0 atom stereocenters. The first-order valence-corrected chi connectivity index (χ1v) is 10.8. The maximum Gasteiger partial charge on any atom is 0.408 e. The van der Waals surface area contributed by atoms with E-state index < -0.39 is 23.2 Å². The Morgan fingerprint density at radius 2 is 1.44 bits per heavy atom. The Bertz CT molecular complexity index is 963. The predicted octanol–water partition coefficient (Wildman–Crippen LogP) is 5.76. The van der Waals surface area contributed by atoms with Crippen LogP contribution in [-0.4, -0.2) is 29.8 Å². The molecule has 2 aromatic carbocycles. The molecule has 5 heteroatoms. The van der Waals surface area contributed by atoms with Crippen LogP contribution in [0, 0.1) is 0 Å². The van der Waals surface area contributed by atoms with Gasteiger partial charge in [0.25, 0.3) is 0 Å². The van der Waals surface area contributed by atoms with Gasteiger partial charge in [0.2, 0.25) is 0 Å². The molecular weight excluding hydrogens is 402 g/mol. The number of rotatable bonds is 8. The summed E-state index contributed by atoms with van der Waals surface area (Å²) in [5, 5.41) is 2.75. The van der Waals surface area contributed by atoms with Crippen LogP contribution in [0.3, 0.4) is 0 Å². The van der Waals surface area contributed by atoms with E-state index in [1.165, 1.54) is 0 Å². The molecule has 0 saturated heterocycles. The summed E-state index contributed by atoms with van der Waals surface area (Å²) in [4.78, 5) is 25.8. The van der Waals surface area contributed by atoms with E-state index in [-0.39, 0.29) is 25.4 Å². The van der Waals surface area contributed by atoms with Crippen molar-refractivity contribution in [1.29, 1.82) is 0 Å². The number of esters is 1. The van der Waals surface area contributed by atoms with Gasteiger partial charge in [0.15, 0.2) is 0 Å². The number of alkyl carbamates (subject to hydrolysis) is 1. The molecule has 0 spiro atoms. The Hall–Kier alpha value is -3.34. The highest BCUT2D eigenvalue weighted by molar-refractivity contribution is 5.86. The normalized spacial score (nSPS) is 13.0. The van der Waals surface area contributed by atoms with E-state index >= 15 is 0 Å². The molecule has 0 aromatic heterocycles. The highest BCUT2D eigenvalue weighted by Gasteiger charge is 2.42. The van der Waals surface area contributed by atoms with Crippen LogP contribution < -0.4 is 5.32 Å². The van der Waals surface area contributed by atoms with Crippen LogP contribution in [0.25, 0.3) is 11.1 Å². The van der Waals surface area contributed by atoms with Gasteiger partial charge in [-0.1, -0.05) is 60.7 Å². The van der Waals surface area contributed by atoms with Crippen molar-refractivity contribution in [3.05, 3.63) is 85.0 Å². The molecule has 5 nitrogen and oxygen atoms in total. The topological polar surface area (TPSA) is 64.6 Å². The van der Waals surface area contributed by atoms with Crippen LogP contribution in [0.4, 0.5) is 4.79 Å². The average molecular weight is 434 g/mol. The largest absolute Gasteiger partial charge is 0.458 e. The minimum absolute atomic E-state index is 0.0668. The molecule has 0 fully saturated rings. The standard InChI is InChI=1S/C27H31NO4/c1-6-16-27(17-7-2,24(29)32-26(3,4)5)28-25(30)31-18-23-21-14-10-8-12-19(21)20-13-9-11-15-22(20)23/h6-15,23H,1-2,16-18H2,3-5H3,(H,28,30). The number of nitrogens with one attached hydrogen (secondary N) is 1. The molecule has 168 valence electrons. The molecule has 3 rings (SSSR count). The van der Waals surface area contributed by atoms with Gasteiger partial charge in [-0.2, -0.15) is 0 Å². The van der Waals surface area contributed by atoms with E-state index in [2.05, 4.69) is 42.7 Å². The number of carbonyl (C=O) groups excluding carboxylic acids is 2. The van der Waals surface area contributed by atoms with Crippen molar-refractivity contribution >= 4 is 12.1 Å². The van der Waals surface area contributed by atoms with Crippen molar-refractivity contribution in [2.75, 3.05) is 6.61 Å². The Kier molecular flexibility index (Phi) is 6.87. The average Bonchev–Trinajstić information content (AvgIpc) is 3.05. The van der Waals surface area contributed by atoms with Crippen molar-refractivity contribution in [3.63, 3.8) is 0 Å². The van der Waals surface area contributed by atoms with Gasteiger partial charge in [-0.3, -0.25) is 0 Å². The highest BCUT2D eigenvalue weighted by atomic mass is 16.6. The maximum absolute atomic E-state index is 13.0. The zero-order valence-corrected chi connectivity index (χ0v) is 19.0. The fourth-order valence-electron chi connectivity index (χ4n) is 4.10. The third-order valence-electron chi connectivity index (χ3n) is 5.46. The lowest BCUT2D eigenvalue weighted by Crippen LogP contribution is -2.56. The second-order valence-corrected chi connectivity index (χ2v) is 9.02. The third kappa shape index (κ3) is 4.93. The van der Waals surface area contributed by atoms with E-state index in [1.807, 2.05) is 24.3 Å². The summed E-state index contributed by atoms with van der Waals surface area (Å²) >= 11 is 0. The fraction of sp³-hybridized carbons (Fsp3) is 0.333. The van der Waals surface area contributed by atoms with Crippen molar-refractivity contribution in [2.45, 2.75) is 50.7 Å². The summed E-state index contributed by atoms with van der Waals surface area (Å²) in [6.45, 7) is 13.0. The van der Waals surface area contributed by atoms with E-state index in [4.69, 9.17) is 9.47 Å². The smallest absolute Gasteiger partial charge is 0.408 e. The quantitative estimate of drug-likeness (QED) is 0.425. The van der Waals surface area contributed by atoms with Gasteiger partial charge in [-0.15, -0.1) is 13.2 Å². The van der Waals surface area contributed by atoms with Crippen LogP contribution in [0.1, 0.15) is 50.7 Å². The predicted molar refractivity (Wildman–Crippen MR) is 126 cm³/mol. The summed E-state index contributed by atoms with van der Waals surface area (Å²) in [6, 6.07) is 16.3. The summed E-state index contributed by atoms with van der Waals surface area (Å²) in [5.41, 5.74) is 2.53. The van der Waals surface area contributed by atoms with Gasteiger partial charge in [0, 0.05) is 5.92 Å². The van der Waals surface area contributed by atoms with Crippen molar-refractivity contribution in [1.82, 2.24) is 5.32 Å². The Morgan fingerprint density at radius 1 is 0.938 bits per heavy atom. The van der Waals surface area contributed by atoms with Crippen LogP contribution in [-0.2, 0) is 14.3 Å². The number of ether oxygens (including phenoxy) is 2. The molecule has 0 bridgehead atoms. The number of benzene rings is 2. The Labute approximate surface area is 190 Å². The first-order valence-electron chi connectivity index (χ1n) is 10.8. The second-order valence-electron chi connectivity index (χ2n) is 9.02. The molecule has 0 radical (unpaired) electrons. The number of hydrogen-bond acceptors (Lipinski definition) is 4. The minimum atomic E-state index is -1.32. The molecule has 0 aliphatic heterocycles. The summed E-state index contributed by atoms with van der Waals surface area (Å²) in [5.74, 6) is -0.610. The number of amides is 1. The summed E-state index contributed by atoms with van der Waals surface area (Å²) in [7, 11) is 0. The molecule has 2 aromatic rings. The minimum Gasteiger partial charge on any atom is -0.458 e. The van der Waals surface area contributed by atoms with Gasteiger partial charge in [-0.25, -0.2) is 9.59 Å². The van der Waals surface area contributed by atoms with Gasteiger partial charge >= 0.3 is 12.1 Å². The summed E-state index contributed by atoms with van der Waals surface area (Å²) < 4.78 is 11.2. The number of fused-ring (bicyclic) bond motifs is 3. The van der Waals surface area contributed by atoms with Crippen LogP contribution in [0.15, 0.2) is 73.8 Å². The first-order chi connectivity index (χ1) is 15.2. The van der Waals surface area contributed by atoms with E-state index in [0.717, 1.165) is 22.3 Å². The third-order valence-corrected chi connectivity index (χ3v) is 5.46. The van der Waals surface area contributed by atoms with Crippen molar-refractivity contribution in [3.8, 4) is 11.1 Å². The molecule has 1 N–H and O–H groups in total. The lowest BCUT2D eigenvalue weighted by Gasteiger charge is -2.33. The molecule has 0 heterocycles. The highest BCUT2D eigenvalue weighted by Crippen LogP contribution is 2.44. The van der Waals surface area contributed by atoms with Gasteiger partial charge in [0.05, 0.1) is 0 Å². The zero-order chi connectivity index (χ0) is 23.4. The fourth-order valence-corrected chi connectivity index (χ4v) is 4.10. The van der Waals surface area contributed by atoms with Gasteiger partial charge in [0.1, 0.15) is 17.7 Å². The zero-order valence-electron chi connectivity index (χ0n) is 19.0. The van der Waals surface area contributed by atoms with E-state index in [0.29, 0.717) is 0 Å². The molecule has 1 amide bonds. The lowest BCUT2D eigenvalue weighted by atomic mass is 9.91. The van der Waals surface area contributed by atoms with Gasteiger partial charge < -0.3 is 14.8 Å². The molecule has 0 unspecified atom stereocenters. The lowest BCUT2D eigenvalue weighted by molar-refractivity contribution is -0.162. The SMILES string of the molecule is C=CCC(CC=C)(NC(=O)OCC1c2ccccc2-c2ccccc21)C(=O)OC(C)(C)C. The van der Waals surface area contributed by atoms with Gasteiger partial charge in [-0.05, 0) is 55.9 Å². The second kappa shape index (κ2) is 9.43. The molecule has 32 heavy (non-hydrogen) atoms. The van der Waals surface area contributed by atoms with Crippen LogP contribution >= 0.6 is 0 Å². The van der Waals surface area contributed by atoms with Crippen LogP contribution in [0.2, 0.25) is 0 Å². The Morgan fingerprint density at radius 3 is 1.91 bits per heavy atom. The molecule has 1 aliphatic rings. The monoisotopic (exact) mass is 433 g/mol. The number of hydrogen-bond donors (Lipinski definition) is 1. The van der Waals surface area contributed by atoms with E-state index in [9.17, 15) is 9.59 Å².